The van der Waals surface area contributed by atoms with Gasteiger partial charge in [-0.05, 0) is 18.1 Å². The lowest BCUT2D eigenvalue weighted by Crippen LogP contribution is -2.08. The molecule has 0 fully saturated rings. The number of rotatable bonds is 2. The Balaban J connectivity index is 2.62. The first-order valence-corrected chi connectivity index (χ1v) is 6.57. The van der Waals surface area contributed by atoms with E-state index in [0.717, 1.165) is 12.1 Å². The number of alkyl halides is 3. The fraction of sp³-hybridized carbons (Fsp3) is 0.286. The summed E-state index contributed by atoms with van der Waals surface area (Å²) in [4.78, 5) is 6.79. The predicted molar refractivity (Wildman–Crippen MR) is 73.9 cm³/mol. The Bertz CT molecular complexity index is 720. The maximum atomic E-state index is 13.7. The molecule has 0 spiro atoms. The second-order valence-electron chi connectivity index (χ2n) is 4.84. The van der Waals surface area contributed by atoms with E-state index in [0.29, 0.717) is 21.5 Å². The molecular formula is C14H12F4N2S. The number of hydrogen-bond donors (Lipinski definition) is 1. The highest BCUT2D eigenvalue weighted by molar-refractivity contribution is 7.71. The first-order chi connectivity index (χ1) is 9.71. The van der Waals surface area contributed by atoms with E-state index in [1.54, 1.807) is 0 Å². The minimum atomic E-state index is -4.71. The Labute approximate surface area is 123 Å². The first-order valence-electron chi connectivity index (χ1n) is 6.16. The smallest absolute Gasteiger partial charge is 0.346 e. The van der Waals surface area contributed by atoms with Gasteiger partial charge >= 0.3 is 6.18 Å². The molecule has 0 aliphatic carbocycles. The molecule has 0 bridgehead atoms. The Hall–Kier alpha value is -1.76. The highest BCUT2D eigenvalue weighted by Crippen LogP contribution is 2.34. The molecule has 2 aromatic rings. The largest absolute Gasteiger partial charge is 0.419 e. The highest BCUT2D eigenvalue weighted by atomic mass is 32.1. The normalized spacial score (nSPS) is 12.0. The van der Waals surface area contributed by atoms with Crippen LogP contribution in [0.25, 0.3) is 11.3 Å². The topological polar surface area (TPSA) is 28.7 Å². The van der Waals surface area contributed by atoms with Gasteiger partial charge in [0.1, 0.15) is 10.5 Å². The monoisotopic (exact) mass is 316 g/mol. The van der Waals surface area contributed by atoms with Crippen LogP contribution >= 0.6 is 12.2 Å². The SMILES string of the molecule is CC(C)c1c(-c2ccc(C(F)(F)F)c(F)c2)[nH]cnc1=S. The second kappa shape index (κ2) is 5.55. The summed E-state index contributed by atoms with van der Waals surface area (Å²) in [6.07, 6.45) is -3.37. The third-order valence-electron chi connectivity index (χ3n) is 3.03. The molecule has 0 aliphatic rings. The van der Waals surface area contributed by atoms with E-state index in [9.17, 15) is 17.6 Å². The van der Waals surface area contributed by atoms with Crippen molar-refractivity contribution >= 4 is 12.2 Å². The minimum absolute atomic E-state index is 0.00260. The predicted octanol–water partition coefficient (Wildman–Crippen LogP) is 5.09. The van der Waals surface area contributed by atoms with Gasteiger partial charge in [-0.25, -0.2) is 9.37 Å². The third-order valence-corrected chi connectivity index (χ3v) is 3.36. The van der Waals surface area contributed by atoms with Gasteiger partial charge in [-0.3, -0.25) is 0 Å². The van der Waals surface area contributed by atoms with E-state index >= 15 is 0 Å². The van der Waals surface area contributed by atoms with Crippen molar-refractivity contribution in [3.8, 4) is 11.3 Å². The van der Waals surface area contributed by atoms with Crippen molar-refractivity contribution in [1.82, 2.24) is 9.97 Å². The van der Waals surface area contributed by atoms with Crippen LogP contribution in [0.1, 0.15) is 30.9 Å². The summed E-state index contributed by atoms with van der Waals surface area (Å²) in [6.45, 7) is 3.76. The maximum Gasteiger partial charge on any atom is 0.419 e. The molecule has 0 atom stereocenters. The van der Waals surface area contributed by atoms with Crippen LogP contribution in [0.15, 0.2) is 24.5 Å². The Morgan fingerprint density at radius 3 is 2.43 bits per heavy atom. The van der Waals surface area contributed by atoms with Crippen molar-refractivity contribution in [2.75, 3.05) is 0 Å². The average Bonchev–Trinajstić information content (AvgIpc) is 2.36. The molecule has 0 amide bonds. The molecule has 0 radical (unpaired) electrons. The number of halogens is 4. The summed E-state index contributed by atoms with van der Waals surface area (Å²) < 4.78 is 51.8. The molecule has 1 heterocycles. The van der Waals surface area contributed by atoms with Crippen LogP contribution in [0.2, 0.25) is 0 Å². The Kier molecular flexibility index (Phi) is 4.13. The van der Waals surface area contributed by atoms with Crippen molar-refractivity contribution in [2.45, 2.75) is 25.9 Å². The zero-order chi connectivity index (χ0) is 15.8. The number of aromatic amines is 1. The van der Waals surface area contributed by atoms with Crippen LogP contribution in [-0.4, -0.2) is 9.97 Å². The van der Waals surface area contributed by atoms with E-state index in [2.05, 4.69) is 9.97 Å². The standard InChI is InChI=1S/C14H12F4N2S/c1-7(2)11-12(19-6-20-13(11)21)8-3-4-9(10(15)5-8)14(16,17)18/h3-7H,1-2H3,(H,19,20,21). The number of nitrogens with one attached hydrogen (secondary N) is 1. The van der Waals surface area contributed by atoms with Crippen LogP contribution < -0.4 is 0 Å². The van der Waals surface area contributed by atoms with Gasteiger partial charge in [-0.15, -0.1) is 0 Å². The van der Waals surface area contributed by atoms with Gasteiger partial charge < -0.3 is 4.98 Å². The molecule has 1 aromatic carbocycles. The van der Waals surface area contributed by atoms with Gasteiger partial charge in [0.05, 0.1) is 17.6 Å². The quantitative estimate of drug-likeness (QED) is 0.618. The lowest BCUT2D eigenvalue weighted by atomic mass is 9.98. The van der Waals surface area contributed by atoms with E-state index < -0.39 is 17.6 Å². The van der Waals surface area contributed by atoms with Crippen LogP contribution in [0.5, 0.6) is 0 Å². The molecule has 2 rings (SSSR count). The van der Waals surface area contributed by atoms with Gasteiger partial charge in [-0.2, -0.15) is 13.2 Å². The fourth-order valence-corrected chi connectivity index (χ4v) is 2.48. The van der Waals surface area contributed by atoms with E-state index in [1.165, 1.54) is 12.4 Å². The molecule has 0 aliphatic heterocycles. The van der Waals surface area contributed by atoms with Gasteiger partial charge in [0, 0.05) is 11.1 Å². The molecule has 2 nitrogen and oxygen atoms in total. The molecule has 112 valence electrons. The molecule has 1 aromatic heterocycles. The summed E-state index contributed by atoms with van der Waals surface area (Å²) in [5.41, 5.74) is 0.173. The zero-order valence-corrected chi connectivity index (χ0v) is 12.1. The summed E-state index contributed by atoms with van der Waals surface area (Å²) in [5.74, 6) is -1.31. The van der Waals surface area contributed by atoms with Crippen LogP contribution in [0.3, 0.4) is 0 Å². The first kappa shape index (κ1) is 15.6. The maximum absolute atomic E-state index is 13.7. The van der Waals surface area contributed by atoms with Crippen molar-refractivity contribution in [2.24, 2.45) is 0 Å². The molecule has 0 unspecified atom stereocenters. The number of nitrogens with zero attached hydrogens (tertiary/aromatic N) is 1. The number of aromatic nitrogens is 2. The third kappa shape index (κ3) is 3.12. The molecule has 0 saturated heterocycles. The lowest BCUT2D eigenvalue weighted by Gasteiger charge is -2.14. The van der Waals surface area contributed by atoms with Gasteiger partial charge in [0.15, 0.2) is 0 Å². The summed E-state index contributed by atoms with van der Waals surface area (Å²) >= 11 is 5.13. The van der Waals surface area contributed by atoms with Gasteiger partial charge in [0.25, 0.3) is 0 Å². The molecule has 1 N–H and O–H groups in total. The van der Waals surface area contributed by atoms with E-state index in [1.807, 2.05) is 13.8 Å². The van der Waals surface area contributed by atoms with Crippen molar-refractivity contribution in [3.05, 3.63) is 46.1 Å². The average molecular weight is 316 g/mol. The van der Waals surface area contributed by atoms with Crippen molar-refractivity contribution in [1.29, 1.82) is 0 Å². The summed E-state index contributed by atoms with van der Waals surface area (Å²) in [7, 11) is 0. The highest BCUT2D eigenvalue weighted by Gasteiger charge is 2.34. The molecule has 21 heavy (non-hydrogen) atoms. The van der Waals surface area contributed by atoms with Crippen LogP contribution in [0, 0.1) is 10.5 Å². The molecule has 0 saturated carbocycles. The molecule has 7 heteroatoms. The second-order valence-corrected chi connectivity index (χ2v) is 5.23. The van der Waals surface area contributed by atoms with Crippen molar-refractivity contribution in [3.63, 3.8) is 0 Å². The summed E-state index contributed by atoms with van der Waals surface area (Å²) in [6, 6.07) is 2.81. The lowest BCUT2D eigenvalue weighted by molar-refractivity contribution is -0.139. The summed E-state index contributed by atoms with van der Waals surface area (Å²) in [5, 5.41) is 0. The minimum Gasteiger partial charge on any atom is -0.346 e. The Morgan fingerprint density at radius 1 is 1.24 bits per heavy atom. The van der Waals surface area contributed by atoms with E-state index in [-0.39, 0.29) is 5.92 Å². The fourth-order valence-electron chi connectivity index (χ4n) is 2.08. The zero-order valence-electron chi connectivity index (χ0n) is 11.3. The number of benzene rings is 1. The van der Waals surface area contributed by atoms with Crippen LogP contribution in [-0.2, 0) is 6.18 Å². The van der Waals surface area contributed by atoms with Crippen molar-refractivity contribution < 1.29 is 17.6 Å². The molecular weight excluding hydrogens is 304 g/mol. The van der Waals surface area contributed by atoms with E-state index in [4.69, 9.17) is 12.2 Å². The van der Waals surface area contributed by atoms with Gasteiger partial charge in [-0.1, -0.05) is 32.1 Å². The number of H-pyrrole nitrogens is 1. The number of hydrogen-bond acceptors (Lipinski definition) is 2. The Morgan fingerprint density at radius 2 is 1.90 bits per heavy atom. The van der Waals surface area contributed by atoms with Gasteiger partial charge in [0.2, 0.25) is 0 Å². The van der Waals surface area contributed by atoms with Crippen LogP contribution in [0.4, 0.5) is 17.6 Å².